The second-order valence-corrected chi connectivity index (χ2v) is 9.41. The van der Waals surface area contributed by atoms with E-state index in [1.54, 1.807) is 36.5 Å². The number of amides is 1. The molecule has 3 atom stereocenters. The number of aliphatic hydroxyl groups is 1. The molecule has 3 aromatic rings. The van der Waals surface area contributed by atoms with Crippen LogP contribution < -0.4 is 4.90 Å². The van der Waals surface area contributed by atoms with Crippen molar-refractivity contribution >= 4 is 17.5 Å². The van der Waals surface area contributed by atoms with Crippen molar-refractivity contribution in [3.63, 3.8) is 0 Å². The Kier molecular flexibility index (Phi) is 5.70. The molecule has 1 aliphatic rings. The minimum absolute atomic E-state index is 0.0265. The molecule has 0 bridgehead atoms. The first kappa shape index (κ1) is 21.9. The van der Waals surface area contributed by atoms with Gasteiger partial charge in [-0.1, -0.05) is 80.9 Å². The van der Waals surface area contributed by atoms with Crippen molar-refractivity contribution in [1.82, 2.24) is 4.98 Å². The van der Waals surface area contributed by atoms with Crippen LogP contribution in [-0.4, -0.2) is 27.9 Å². The smallest absolute Gasteiger partial charge is 0.258 e. The maximum absolute atomic E-state index is 13.5. The molecule has 5 nitrogen and oxygen atoms in total. The molecule has 1 saturated heterocycles. The Balaban J connectivity index is 1.82. The topological polar surface area (TPSA) is 70.5 Å². The molecule has 0 aliphatic carbocycles. The maximum atomic E-state index is 13.5. The quantitative estimate of drug-likeness (QED) is 0.615. The second-order valence-electron chi connectivity index (χ2n) is 9.41. The normalized spacial score (nSPS) is 21.1. The zero-order valence-corrected chi connectivity index (χ0v) is 18.8. The number of hydrogen-bond donors (Lipinski definition) is 1. The van der Waals surface area contributed by atoms with Gasteiger partial charge >= 0.3 is 0 Å². The molecule has 0 spiro atoms. The maximum Gasteiger partial charge on any atom is 0.258 e. The van der Waals surface area contributed by atoms with Gasteiger partial charge in [-0.25, -0.2) is 4.98 Å². The van der Waals surface area contributed by atoms with E-state index in [9.17, 15) is 14.7 Å². The summed E-state index contributed by atoms with van der Waals surface area (Å²) in [5.74, 6) is -1.29. The Bertz CT molecular complexity index is 1120. The van der Waals surface area contributed by atoms with Gasteiger partial charge in [-0.15, -0.1) is 0 Å². The van der Waals surface area contributed by atoms with E-state index in [2.05, 4.69) is 25.8 Å². The number of aromatic nitrogens is 1. The lowest BCUT2D eigenvalue weighted by Gasteiger charge is -2.28. The number of benzene rings is 2. The van der Waals surface area contributed by atoms with E-state index in [4.69, 9.17) is 0 Å². The summed E-state index contributed by atoms with van der Waals surface area (Å²) < 4.78 is 0. The molecule has 1 aromatic heterocycles. The molecule has 2 heterocycles. The molecule has 4 rings (SSSR count). The van der Waals surface area contributed by atoms with E-state index in [1.165, 1.54) is 4.90 Å². The van der Waals surface area contributed by atoms with Crippen LogP contribution in [0.5, 0.6) is 0 Å². The molecule has 2 aromatic carbocycles. The van der Waals surface area contributed by atoms with Crippen LogP contribution in [0.1, 0.15) is 53.9 Å². The van der Waals surface area contributed by atoms with Gasteiger partial charge in [-0.05, 0) is 35.6 Å². The predicted octanol–water partition coefficient (Wildman–Crippen LogP) is 4.64. The largest absolute Gasteiger partial charge is 0.382 e. The molecule has 1 fully saturated rings. The number of ketones is 1. The van der Waals surface area contributed by atoms with Crippen molar-refractivity contribution in [1.29, 1.82) is 0 Å². The molecule has 164 valence electrons. The van der Waals surface area contributed by atoms with E-state index in [0.29, 0.717) is 11.4 Å². The zero-order valence-electron chi connectivity index (χ0n) is 18.8. The number of rotatable bonds is 4. The molecule has 1 N–H and O–H groups in total. The Morgan fingerprint density at radius 1 is 0.969 bits per heavy atom. The monoisotopic (exact) mass is 428 g/mol. The molecule has 0 saturated carbocycles. The van der Waals surface area contributed by atoms with Crippen LogP contribution in [0.15, 0.2) is 72.9 Å². The highest BCUT2D eigenvalue weighted by Crippen LogP contribution is 2.42. The van der Waals surface area contributed by atoms with Crippen molar-refractivity contribution in [3.8, 4) is 0 Å². The number of pyridine rings is 1. The average molecular weight is 429 g/mol. The van der Waals surface area contributed by atoms with Gasteiger partial charge in [0.05, 0.1) is 12.0 Å². The highest BCUT2D eigenvalue weighted by molar-refractivity contribution is 6.09. The first-order chi connectivity index (χ1) is 15.2. The summed E-state index contributed by atoms with van der Waals surface area (Å²) in [7, 11) is 0. The number of hydrogen-bond acceptors (Lipinski definition) is 4. The van der Waals surface area contributed by atoms with Crippen LogP contribution in [0, 0.1) is 12.8 Å². The van der Waals surface area contributed by atoms with Crippen LogP contribution in [-0.2, 0) is 10.2 Å². The van der Waals surface area contributed by atoms with Crippen molar-refractivity contribution < 1.29 is 14.7 Å². The highest BCUT2D eigenvalue weighted by Gasteiger charge is 2.52. The molecule has 0 radical (unpaired) electrons. The summed E-state index contributed by atoms with van der Waals surface area (Å²) in [5, 5.41) is 11.0. The first-order valence-electron chi connectivity index (χ1n) is 10.8. The van der Waals surface area contributed by atoms with Gasteiger partial charge < -0.3 is 5.11 Å². The van der Waals surface area contributed by atoms with E-state index in [-0.39, 0.29) is 11.2 Å². The standard InChI is InChI=1S/C27H28N2O3/c1-17-8-10-19(11-9-17)24(30)22-23(18-12-14-20(15-13-18)27(2,3)4)29(26(32)25(22)31)21-7-5-6-16-28-21/h5-16,22-23,25,31H,1-4H3. The molecule has 5 heteroatoms. The summed E-state index contributed by atoms with van der Waals surface area (Å²) >= 11 is 0. The Labute approximate surface area is 188 Å². The lowest BCUT2D eigenvalue weighted by molar-refractivity contribution is -0.124. The highest BCUT2D eigenvalue weighted by atomic mass is 16.3. The first-order valence-corrected chi connectivity index (χ1v) is 10.8. The number of Topliss-reactive ketones (excluding diaryl/α,β-unsaturated/α-hetero) is 1. The van der Waals surface area contributed by atoms with E-state index < -0.39 is 24.0 Å². The summed E-state index contributed by atoms with van der Waals surface area (Å²) in [6, 6.07) is 19.8. The third-order valence-corrected chi connectivity index (χ3v) is 6.10. The minimum Gasteiger partial charge on any atom is -0.382 e. The zero-order chi connectivity index (χ0) is 23.0. The SMILES string of the molecule is Cc1ccc(C(=O)C2C(O)C(=O)N(c3ccccn3)C2c2ccc(C(C)(C)C)cc2)cc1. The van der Waals surface area contributed by atoms with E-state index >= 15 is 0 Å². The Morgan fingerprint density at radius 2 is 1.62 bits per heavy atom. The van der Waals surface area contributed by atoms with Gasteiger partial charge in [-0.2, -0.15) is 0 Å². The number of carbonyl (C=O) groups excluding carboxylic acids is 2. The van der Waals surface area contributed by atoms with Crippen molar-refractivity contribution in [2.75, 3.05) is 4.90 Å². The molecular formula is C27H28N2O3. The fourth-order valence-corrected chi connectivity index (χ4v) is 4.25. The van der Waals surface area contributed by atoms with Gasteiger partial charge in [0.1, 0.15) is 11.9 Å². The summed E-state index contributed by atoms with van der Waals surface area (Å²) in [6.07, 6.45) is 0.155. The van der Waals surface area contributed by atoms with Gasteiger partial charge in [-0.3, -0.25) is 14.5 Å². The van der Waals surface area contributed by atoms with Crippen LogP contribution in [0.4, 0.5) is 5.82 Å². The summed E-state index contributed by atoms with van der Waals surface area (Å²) in [6.45, 7) is 8.35. The lowest BCUT2D eigenvalue weighted by Crippen LogP contribution is -2.31. The van der Waals surface area contributed by atoms with E-state index in [1.807, 2.05) is 43.3 Å². The van der Waals surface area contributed by atoms with Gasteiger partial charge in [0, 0.05) is 11.8 Å². The number of aliphatic hydroxyl groups excluding tert-OH is 1. The third-order valence-electron chi connectivity index (χ3n) is 6.10. The predicted molar refractivity (Wildman–Crippen MR) is 125 cm³/mol. The summed E-state index contributed by atoms with van der Waals surface area (Å²) in [4.78, 5) is 32.5. The van der Waals surface area contributed by atoms with Crippen molar-refractivity contribution in [3.05, 3.63) is 95.2 Å². The Morgan fingerprint density at radius 3 is 2.19 bits per heavy atom. The van der Waals surface area contributed by atoms with Crippen LogP contribution >= 0.6 is 0 Å². The van der Waals surface area contributed by atoms with Crippen LogP contribution in [0.3, 0.4) is 0 Å². The lowest BCUT2D eigenvalue weighted by atomic mass is 9.83. The molecule has 1 aliphatic heterocycles. The second kappa shape index (κ2) is 8.32. The molecular weight excluding hydrogens is 400 g/mol. The van der Waals surface area contributed by atoms with Gasteiger partial charge in [0.25, 0.3) is 5.91 Å². The minimum atomic E-state index is -1.45. The van der Waals surface area contributed by atoms with Crippen LogP contribution in [0.2, 0.25) is 0 Å². The van der Waals surface area contributed by atoms with Crippen LogP contribution in [0.25, 0.3) is 0 Å². The number of anilines is 1. The van der Waals surface area contributed by atoms with Crippen molar-refractivity contribution in [2.24, 2.45) is 5.92 Å². The number of nitrogens with zero attached hydrogens (tertiary/aromatic N) is 2. The van der Waals surface area contributed by atoms with E-state index in [0.717, 1.165) is 16.7 Å². The molecule has 3 unspecified atom stereocenters. The third kappa shape index (κ3) is 3.96. The van der Waals surface area contributed by atoms with Crippen molar-refractivity contribution in [2.45, 2.75) is 45.3 Å². The fourth-order valence-electron chi connectivity index (χ4n) is 4.25. The number of carbonyl (C=O) groups is 2. The Hall–Kier alpha value is -3.31. The van der Waals surface area contributed by atoms with Gasteiger partial charge in [0.2, 0.25) is 0 Å². The number of aryl methyl sites for hydroxylation is 1. The molecule has 1 amide bonds. The molecule has 32 heavy (non-hydrogen) atoms. The summed E-state index contributed by atoms with van der Waals surface area (Å²) in [5.41, 5.74) is 3.43. The average Bonchev–Trinajstić information content (AvgIpc) is 3.04. The fraction of sp³-hybridized carbons (Fsp3) is 0.296. The van der Waals surface area contributed by atoms with Gasteiger partial charge in [0.15, 0.2) is 5.78 Å².